The maximum absolute atomic E-state index is 11.5. The van der Waals surface area contributed by atoms with E-state index in [0.29, 0.717) is 6.42 Å². The van der Waals surface area contributed by atoms with E-state index in [1.54, 1.807) is 0 Å². The number of carbonyl (C=O) groups excluding carboxylic acids is 1. The number of benzene rings is 1. The van der Waals surface area contributed by atoms with Crippen LogP contribution in [0.2, 0.25) is 0 Å². The number of hydrogen-bond acceptors (Lipinski definition) is 3. The third kappa shape index (κ3) is 4.55. The van der Waals surface area contributed by atoms with E-state index in [1.165, 1.54) is 0 Å². The Morgan fingerprint density at radius 3 is 2.62 bits per heavy atom. The average Bonchev–Trinajstić information content (AvgIpc) is 2.29. The summed E-state index contributed by atoms with van der Waals surface area (Å²) < 4.78 is 1.01. The zero-order chi connectivity index (χ0) is 12.0. The first-order valence-corrected chi connectivity index (χ1v) is 6.25. The lowest BCUT2D eigenvalue weighted by Crippen LogP contribution is -2.34. The summed E-state index contributed by atoms with van der Waals surface area (Å²) in [4.78, 5) is 11.5. The number of aliphatic hydroxyl groups excluding tert-OH is 1. The van der Waals surface area contributed by atoms with Gasteiger partial charge in [0.15, 0.2) is 0 Å². The highest BCUT2D eigenvalue weighted by molar-refractivity contribution is 9.10. The summed E-state index contributed by atoms with van der Waals surface area (Å²) in [5.41, 5.74) is 1.06. The molecule has 88 valence electrons. The molecule has 0 heterocycles. The van der Waals surface area contributed by atoms with Gasteiger partial charge >= 0.3 is 0 Å². The van der Waals surface area contributed by atoms with Crippen LogP contribution in [0, 0.1) is 0 Å². The highest BCUT2D eigenvalue weighted by Gasteiger charge is 2.13. The van der Waals surface area contributed by atoms with E-state index in [-0.39, 0.29) is 24.3 Å². The summed E-state index contributed by atoms with van der Waals surface area (Å²) in [6.07, 6.45) is 0.577. The molecule has 0 aliphatic heterocycles. The van der Waals surface area contributed by atoms with E-state index < -0.39 is 0 Å². The van der Waals surface area contributed by atoms with Gasteiger partial charge in [-0.15, -0.1) is 0 Å². The number of amides is 1. The van der Waals surface area contributed by atoms with Gasteiger partial charge in [0.1, 0.15) is 0 Å². The molecule has 1 atom stereocenters. The van der Waals surface area contributed by atoms with Gasteiger partial charge in [-0.3, -0.25) is 4.79 Å². The highest BCUT2D eigenvalue weighted by atomic mass is 79.9. The van der Waals surface area contributed by atoms with Crippen LogP contribution in [0.15, 0.2) is 28.7 Å². The molecule has 1 aromatic rings. The van der Waals surface area contributed by atoms with Gasteiger partial charge < -0.3 is 10.4 Å². The molecule has 0 aliphatic carbocycles. The molecular weight excluding hydrogens is 290 g/mol. The number of carbonyl (C=O) groups is 1. The lowest BCUT2D eigenvalue weighted by Gasteiger charge is -2.10. The minimum Gasteiger partial charge on any atom is -0.395 e. The number of hydrogen-bond donors (Lipinski definition) is 3. The first-order chi connectivity index (χ1) is 7.63. The molecule has 2 N–H and O–H groups in total. The molecule has 0 bridgehead atoms. The SMILES string of the molecule is O=C(NCCO)C(S)Cc1ccc(Br)cc1. The molecule has 0 saturated heterocycles. The fraction of sp³-hybridized carbons (Fsp3) is 0.364. The topological polar surface area (TPSA) is 49.3 Å². The highest BCUT2D eigenvalue weighted by Crippen LogP contribution is 2.13. The van der Waals surface area contributed by atoms with Gasteiger partial charge in [-0.1, -0.05) is 28.1 Å². The Kier molecular flexibility index (Phi) is 5.87. The number of aliphatic hydroxyl groups is 1. The van der Waals surface area contributed by atoms with Crippen LogP contribution in [-0.4, -0.2) is 29.4 Å². The van der Waals surface area contributed by atoms with Gasteiger partial charge in [0.05, 0.1) is 11.9 Å². The van der Waals surface area contributed by atoms with Crippen molar-refractivity contribution >= 4 is 34.5 Å². The molecule has 0 fully saturated rings. The average molecular weight is 304 g/mol. The molecule has 0 aliphatic rings. The lowest BCUT2D eigenvalue weighted by molar-refractivity contribution is -0.120. The third-order valence-electron chi connectivity index (χ3n) is 2.06. The molecule has 1 unspecified atom stereocenters. The normalized spacial score (nSPS) is 12.2. The van der Waals surface area contributed by atoms with Crippen LogP contribution in [0.1, 0.15) is 5.56 Å². The number of rotatable bonds is 5. The van der Waals surface area contributed by atoms with Crippen molar-refractivity contribution in [2.24, 2.45) is 0 Å². The Morgan fingerprint density at radius 1 is 1.44 bits per heavy atom. The zero-order valence-electron chi connectivity index (χ0n) is 8.69. The van der Waals surface area contributed by atoms with E-state index in [4.69, 9.17) is 5.11 Å². The van der Waals surface area contributed by atoms with Crippen molar-refractivity contribution in [2.45, 2.75) is 11.7 Å². The van der Waals surface area contributed by atoms with E-state index in [2.05, 4.69) is 33.9 Å². The number of nitrogens with one attached hydrogen (secondary N) is 1. The largest absolute Gasteiger partial charge is 0.395 e. The first-order valence-electron chi connectivity index (χ1n) is 4.94. The summed E-state index contributed by atoms with van der Waals surface area (Å²) >= 11 is 7.58. The van der Waals surface area contributed by atoms with Crippen LogP contribution in [0.3, 0.4) is 0 Å². The van der Waals surface area contributed by atoms with E-state index in [1.807, 2.05) is 24.3 Å². The molecule has 0 spiro atoms. The summed E-state index contributed by atoms with van der Waals surface area (Å²) in [5, 5.41) is 10.8. The minimum absolute atomic E-state index is 0.0511. The van der Waals surface area contributed by atoms with Crippen molar-refractivity contribution in [3.63, 3.8) is 0 Å². The fourth-order valence-electron chi connectivity index (χ4n) is 1.23. The van der Waals surface area contributed by atoms with Crippen molar-refractivity contribution in [3.05, 3.63) is 34.3 Å². The second kappa shape index (κ2) is 6.93. The van der Waals surface area contributed by atoms with Crippen molar-refractivity contribution in [3.8, 4) is 0 Å². The first kappa shape index (κ1) is 13.5. The third-order valence-corrected chi connectivity index (χ3v) is 3.00. The zero-order valence-corrected chi connectivity index (χ0v) is 11.2. The maximum atomic E-state index is 11.5. The van der Waals surface area contributed by atoms with Gasteiger partial charge in [0.2, 0.25) is 5.91 Å². The molecule has 0 aromatic heterocycles. The van der Waals surface area contributed by atoms with Crippen molar-refractivity contribution in [1.29, 1.82) is 0 Å². The molecule has 0 saturated carbocycles. The van der Waals surface area contributed by atoms with Crippen LogP contribution >= 0.6 is 28.6 Å². The summed E-state index contributed by atoms with van der Waals surface area (Å²) in [5.74, 6) is -0.152. The van der Waals surface area contributed by atoms with Crippen LogP contribution in [0.5, 0.6) is 0 Å². The predicted molar refractivity (Wildman–Crippen MR) is 70.7 cm³/mol. The number of halogens is 1. The smallest absolute Gasteiger partial charge is 0.233 e. The van der Waals surface area contributed by atoms with Gasteiger partial charge in [-0.25, -0.2) is 0 Å². The Balaban J connectivity index is 2.47. The van der Waals surface area contributed by atoms with Gasteiger partial charge in [-0.2, -0.15) is 12.6 Å². The van der Waals surface area contributed by atoms with Crippen LogP contribution in [-0.2, 0) is 11.2 Å². The fourth-order valence-corrected chi connectivity index (χ4v) is 1.80. The molecule has 1 rings (SSSR count). The second-order valence-corrected chi connectivity index (χ2v) is 4.90. The summed E-state index contributed by atoms with van der Waals surface area (Å²) in [7, 11) is 0. The second-order valence-electron chi connectivity index (χ2n) is 3.36. The minimum atomic E-state index is -0.382. The Bertz CT molecular complexity index is 342. The Labute approximate surface area is 109 Å². The van der Waals surface area contributed by atoms with Gasteiger partial charge in [0.25, 0.3) is 0 Å². The Hall–Kier alpha value is -0.520. The standard InChI is InChI=1S/C11H14BrNO2S/c12-9-3-1-8(2-4-9)7-10(16)11(15)13-5-6-14/h1-4,10,14,16H,5-7H2,(H,13,15). The summed E-state index contributed by atoms with van der Waals surface area (Å²) in [6, 6.07) is 7.77. The van der Waals surface area contributed by atoms with Gasteiger partial charge in [-0.05, 0) is 24.1 Å². The Morgan fingerprint density at radius 2 is 2.06 bits per heavy atom. The molecule has 3 nitrogen and oxygen atoms in total. The predicted octanol–water partition coefficient (Wildman–Crippen LogP) is 1.40. The lowest BCUT2D eigenvalue weighted by atomic mass is 10.1. The molecule has 1 aromatic carbocycles. The van der Waals surface area contributed by atoms with E-state index in [9.17, 15) is 4.79 Å². The van der Waals surface area contributed by atoms with Crippen molar-refractivity contribution in [1.82, 2.24) is 5.32 Å². The molecule has 0 radical (unpaired) electrons. The van der Waals surface area contributed by atoms with Crippen LogP contribution in [0.4, 0.5) is 0 Å². The monoisotopic (exact) mass is 303 g/mol. The molecular formula is C11H14BrNO2S. The van der Waals surface area contributed by atoms with Crippen LogP contribution in [0.25, 0.3) is 0 Å². The van der Waals surface area contributed by atoms with E-state index >= 15 is 0 Å². The number of thiol groups is 1. The molecule has 1 amide bonds. The maximum Gasteiger partial charge on any atom is 0.233 e. The molecule has 16 heavy (non-hydrogen) atoms. The van der Waals surface area contributed by atoms with Crippen molar-refractivity contribution in [2.75, 3.05) is 13.2 Å². The molecule has 5 heteroatoms. The summed E-state index contributed by atoms with van der Waals surface area (Å²) in [6.45, 7) is 0.223. The van der Waals surface area contributed by atoms with Crippen molar-refractivity contribution < 1.29 is 9.90 Å². The quantitative estimate of drug-likeness (QED) is 0.720. The van der Waals surface area contributed by atoms with E-state index in [0.717, 1.165) is 10.0 Å². The van der Waals surface area contributed by atoms with Crippen LogP contribution < -0.4 is 5.32 Å². The van der Waals surface area contributed by atoms with Gasteiger partial charge in [0, 0.05) is 11.0 Å².